The lowest BCUT2D eigenvalue weighted by molar-refractivity contribution is 1.23. The molecule has 0 bridgehead atoms. The Morgan fingerprint density at radius 2 is 1.27 bits per heavy atom. The highest BCUT2D eigenvalue weighted by molar-refractivity contribution is 7.25. The Morgan fingerprint density at radius 1 is 0.485 bits per heavy atom. The van der Waals surface area contributed by atoms with Crippen LogP contribution < -0.4 is 0 Å². The first-order chi connectivity index (χ1) is 16.3. The van der Waals surface area contributed by atoms with Crippen LogP contribution in [0.4, 0.5) is 0 Å². The van der Waals surface area contributed by atoms with Crippen LogP contribution in [0.1, 0.15) is 0 Å². The summed E-state index contributed by atoms with van der Waals surface area (Å²) < 4.78 is 2.64. The summed E-state index contributed by atoms with van der Waals surface area (Å²) in [4.78, 5) is 9.96. The molecule has 154 valence electrons. The highest BCUT2D eigenvalue weighted by Gasteiger charge is 2.12. The smallest absolute Gasteiger partial charge is 0.160 e. The lowest BCUT2D eigenvalue weighted by atomic mass is 10.0. The Morgan fingerprint density at radius 3 is 2.18 bits per heavy atom. The van der Waals surface area contributed by atoms with Gasteiger partial charge >= 0.3 is 0 Å². The van der Waals surface area contributed by atoms with Crippen LogP contribution in [-0.2, 0) is 0 Å². The largest absolute Gasteiger partial charge is 0.228 e. The second kappa shape index (κ2) is 7.22. The van der Waals surface area contributed by atoms with Crippen LogP contribution in [0.3, 0.4) is 0 Å². The van der Waals surface area contributed by atoms with Crippen molar-refractivity contribution in [2.75, 3.05) is 0 Å². The van der Waals surface area contributed by atoms with Crippen molar-refractivity contribution in [1.29, 1.82) is 0 Å². The van der Waals surface area contributed by atoms with Gasteiger partial charge in [-0.15, -0.1) is 11.3 Å². The Kier molecular flexibility index (Phi) is 4.05. The number of aromatic nitrogens is 2. The molecule has 33 heavy (non-hydrogen) atoms. The molecule has 0 radical (unpaired) electrons. The van der Waals surface area contributed by atoms with Crippen LogP contribution in [0.15, 0.2) is 109 Å². The van der Waals surface area contributed by atoms with E-state index in [4.69, 9.17) is 9.97 Å². The van der Waals surface area contributed by atoms with E-state index in [9.17, 15) is 0 Å². The molecule has 2 nitrogen and oxygen atoms in total. The van der Waals surface area contributed by atoms with E-state index in [2.05, 4.69) is 91.0 Å². The van der Waals surface area contributed by atoms with E-state index in [1.807, 2.05) is 29.5 Å². The summed E-state index contributed by atoms with van der Waals surface area (Å²) in [5.74, 6) is 0.755. The third-order valence-corrected chi connectivity index (χ3v) is 7.38. The molecule has 3 heteroatoms. The summed E-state index contributed by atoms with van der Waals surface area (Å²) >= 11 is 1.85. The fourth-order valence-corrected chi connectivity index (χ4v) is 5.77. The van der Waals surface area contributed by atoms with E-state index in [0.717, 1.165) is 33.5 Å². The van der Waals surface area contributed by atoms with E-state index in [0.29, 0.717) is 0 Å². The minimum atomic E-state index is 0.755. The molecule has 0 unspecified atom stereocenters. The van der Waals surface area contributed by atoms with Gasteiger partial charge in [-0.1, -0.05) is 78.9 Å². The lowest BCUT2D eigenvalue weighted by Crippen LogP contribution is -1.95. The van der Waals surface area contributed by atoms with Crippen molar-refractivity contribution in [3.63, 3.8) is 0 Å². The molecule has 2 aromatic heterocycles. The van der Waals surface area contributed by atoms with Crippen LogP contribution in [0.5, 0.6) is 0 Å². The molecule has 0 N–H and O–H groups in total. The Bertz CT molecular complexity index is 1820. The topological polar surface area (TPSA) is 25.8 Å². The van der Waals surface area contributed by atoms with Gasteiger partial charge in [0.1, 0.15) is 0 Å². The maximum atomic E-state index is 5.04. The quantitative estimate of drug-likeness (QED) is 0.270. The minimum Gasteiger partial charge on any atom is -0.228 e. The van der Waals surface area contributed by atoms with E-state index < -0.39 is 0 Å². The summed E-state index contributed by atoms with van der Waals surface area (Å²) in [7, 11) is 0. The molecule has 0 atom stereocenters. The van der Waals surface area contributed by atoms with Crippen molar-refractivity contribution in [2.24, 2.45) is 0 Å². The van der Waals surface area contributed by atoms with Crippen LogP contribution in [0.2, 0.25) is 0 Å². The number of hydrogen-bond acceptors (Lipinski definition) is 3. The molecule has 7 aromatic rings. The van der Waals surface area contributed by atoms with Gasteiger partial charge in [0.15, 0.2) is 5.82 Å². The summed E-state index contributed by atoms with van der Waals surface area (Å²) in [5, 5.41) is 6.17. The molecule has 2 heterocycles. The van der Waals surface area contributed by atoms with E-state index in [1.54, 1.807) is 0 Å². The van der Waals surface area contributed by atoms with Crippen molar-refractivity contribution >= 4 is 53.2 Å². The first kappa shape index (κ1) is 18.5. The van der Waals surface area contributed by atoms with Crippen molar-refractivity contribution in [3.8, 4) is 22.6 Å². The zero-order chi connectivity index (χ0) is 21.8. The molecule has 0 saturated heterocycles. The fraction of sp³-hybridized carbons (Fsp3) is 0. The summed E-state index contributed by atoms with van der Waals surface area (Å²) in [5.41, 5.74) is 4.06. The third-order valence-electron chi connectivity index (χ3n) is 6.24. The van der Waals surface area contributed by atoms with Crippen LogP contribution in [0, 0.1) is 0 Å². The maximum Gasteiger partial charge on any atom is 0.160 e. The molecular weight excluding hydrogens is 420 g/mol. The van der Waals surface area contributed by atoms with E-state index >= 15 is 0 Å². The molecule has 5 aromatic carbocycles. The number of nitrogens with zero attached hydrogens (tertiary/aromatic N) is 2. The standard InChI is InChI=1S/C30H18N2S/c1-2-8-19(9-3-1)29-24-11-4-6-12-26(24)31-30(32-29)21-15-14-20-17-25-23-10-5-7-13-27(23)33-28(25)18-22(20)16-21/h1-18H. The second-order valence-electron chi connectivity index (χ2n) is 8.29. The van der Waals surface area contributed by atoms with Gasteiger partial charge in [-0.3, -0.25) is 0 Å². The number of thiophene rings is 1. The lowest BCUT2D eigenvalue weighted by Gasteiger charge is -2.10. The SMILES string of the molecule is c1ccc(-c2nc(-c3ccc4cc5c(cc4c3)sc3ccccc35)nc3ccccc23)cc1. The Labute approximate surface area is 194 Å². The van der Waals surface area contributed by atoms with Gasteiger partial charge in [-0.25, -0.2) is 9.97 Å². The number of hydrogen-bond donors (Lipinski definition) is 0. The summed E-state index contributed by atoms with van der Waals surface area (Å²) in [6.07, 6.45) is 0. The van der Waals surface area contributed by atoms with Crippen molar-refractivity contribution in [3.05, 3.63) is 109 Å². The first-order valence-corrected chi connectivity index (χ1v) is 11.8. The average Bonchev–Trinajstić information content (AvgIpc) is 3.24. The molecule has 0 aliphatic rings. The molecule has 0 spiro atoms. The average molecular weight is 439 g/mol. The van der Waals surface area contributed by atoms with Crippen LogP contribution >= 0.6 is 11.3 Å². The highest BCUT2D eigenvalue weighted by atomic mass is 32.1. The predicted molar refractivity (Wildman–Crippen MR) is 141 cm³/mol. The molecule has 0 saturated carbocycles. The van der Waals surface area contributed by atoms with E-state index in [1.165, 1.54) is 30.9 Å². The van der Waals surface area contributed by atoms with E-state index in [-0.39, 0.29) is 0 Å². The molecule has 0 amide bonds. The van der Waals surface area contributed by atoms with Crippen molar-refractivity contribution in [1.82, 2.24) is 9.97 Å². The normalized spacial score (nSPS) is 11.6. The van der Waals surface area contributed by atoms with Crippen LogP contribution in [-0.4, -0.2) is 9.97 Å². The summed E-state index contributed by atoms with van der Waals surface area (Å²) in [6.45, 7) is 0. The van der Waals surface area contributed by atoms with Gasteiger partial charge in [0.25, 0.3) is 0 Å². The van der Waals surface area contributed by atoms with Gasteiger partial charge in [-0.2, -0.15) is 0 Å². The fourth-order valence-electron chi connectivity index (χ4n) is 4.63. The predicted octanol–water partition coefficient (Wildman–Crippen LogP) is 8.48. The van der Waals surface area contributed by atoms with Gasteiger partial charge in [0.2, 0.25) is 0 Å². The first-order valence-electron chi connectivity index (χ1n) is 11.0. The zero-order valence-electron chi connectivity index (χ0n) is 17.7. The molecule has 0 fully saturated rings. The molecular formula is C30H18N2S. The van der Waals surface area contributed by atoms with Gasteiger partial charge in [-0.05, 0) is 41.1 Å². The maximum absolute atomic E-state index is 5.04. The highest BCUT2D eigenvalue weighted by Crippen LogP contribution is 2.37. The monoisotopic (exact) mass is 438 g/mol. The number of rotatable bonds is 2. The zero-order valence-corrected chi connectivity index (χ0v) is 18.5. The minimum absolute atomic E-state index is 0.755. The van der Waals surface area contributed by atoms with Gasteiger partial charge < -0.3 is 0 Å². The van der Waals surface area contributed by atoms with Crippen molar-refractivity contribution < 1.29 is 0 Å². The second-order valence-corrected chi connectivity index (χ2v) is 9.37. The van der Waals surface area contributed by atoms with Gasteiger partial charge in [0.05, 0.1) is 11.2 Å². The third kappa shape index (κ3) is 3.01. The number of benzene rings is 5. The summed E-state index contributed by atoms with van der Waals surface area (Å²) in [6, 6.07) is 38.4. The molecule has 0 aliphatic carbocycles. The van der Waals surface area contributed by atoms with Gasteiger partial charge in [0, 0.05) is 36.7 Å². The molecule has 7 rings (SSSR count). The van der Waals surface area contributed by atoms with Crippen LogP contribution in [0.25, 0.3) is 64.5 Å². The molecule has 0 aliphatic heterocycles. The Hall–Kier alpha value is -4.08. The number of para-hydroxylation sites is 1. The Balaban J connectivity index is 1.45. The van der Waals surface area contributed by atoms with Crippen molar-refractivity contribution in [2.45, 2.75) is 0 Å². The number of fused-ring (bicyclic) bond motifs is 5.